The van der Waals surface area contributed by atoms with Gasteiger partial charge < -0.3 is 31.5 Å². The average molecular weight is 481 g/mol. The number of carboxylic acids is 1. The molecule has 10 nitrogen and oxygen atoms in total. The Hall–Kier alpha value is -2.79. The Kier molecular flexibility index (Phi) is 9.54. The van der Waals surface area contributed by atoms with E-state index >= 15 is 0 Å². The van der Waals surface area contributed by atoms with Crippen LogP contribution in [0.2, 0.25) is 0 Å². The lowest BCUT2D eigenvalue weighted by Gasteiger charge is -2.30. The van der Waals surface area contributed by atoms with Crippen LogP contribution < -0.4 is 16.4 Å². The molecule has 1 saturated heterocycles. The first-order valence-electron chi connectivity index (χ1n) is 10.8. The van der Waals surface area contributed by atoms with Gasteiger partial charge in [0.25, 0.3) is 0 Å². The molecular formula is C22H32N4O6S. The van der Waals surface area contributed by atoms with Crippen molar-refractivity contribution >= 4 is 36.3 Å². The van der Waals surface area contributed by atoms with Crippen LogP contribution in [-0.2, 0) is 25.6 Å². The number of amides is 3. The van der Waals surface area contributed by atoms with Gasteiger partial charge in [0, 0.05) is 18.7 Å². The summed E-state index contributed by atoms with van der Waals surface area (Å²) >= 11 is 4.00. The zero-order chi connectivity index (χ0) is 24.7. The second kappa shape index (κ2) is 11.9. The molecule has 6 N–H and O–H groups in total. The minimum absolute atomic E-state index is 0.0549. The molecule has 182 valence electrons. The Morgan fingerprint density at radius 2 is 1.79 bits per heavy atom. The summed E-state index contributed by atoms with van der Waals surface area (Å²) in [4.78, 5) is 51.5. The molecule has 0 spiro atoms. The fraction of sp³-hybridized carbons (Fsp3) is 0.545. The van der Waals surface area contributed by atoms with E-state index in [9.17, 15) is 29.4 Å². The highest BCUT2D eigenvalue weighted by Gasteiger charge is 2.38. The summed E-state index contributed by atoms with van der Waals surface area (Å²) in [5.74, 6) is -2.86. The molecule has 4 unspecified atom stereocenters. The first-order chi connectivity index (χ1) is 15.5. The highest BCUT2D eigenvalue weighted by molar-refractivity contribution is 7.80. The molecule has 1 aromatic rings. The van der Waals surface area contributed by atoms with Gasteiger partial charge >= 0.3 is 5.97 Å². The largest absolute Gasteiger partial charge is 0.508 e. The van der Waals surface area contributed by atoms with Crippen LogP contribution in [0.1, 0.15) is 32.3 Å². The number of aromatic hydroxyl groups is 1. The molecule has 0 radical (unpaired) electrons. The number of rotatable bonds is 10. The quantitative estimate of drug-likeness (QED) is 0.255. The third-order valence-corrected chi connectivity index (χ3v) is 5.99. The Labute approximate surface area is 198 Å². The lowest BCUT2D eigenvalue weighted by atomic mass is 10.00. The van der Waals surface area contributed by atoms with E-state index < -0.39 is 47.9 Å². The zero-order valence-corrected chi connectivity index (χ0v) is 19.6. The second-order valence-corrected chi connectivity index (χ2v) is 8.84. The minimum Gasteiger partial charge on any atom is -0.508 e. The number of phenolic OH excluding ortho intramolecular Hbond substituents is 1. The topological polar surface area (TPSA) is 162 Å². The summed E-state index contributed by atoms with van der Waals surface area (Å²) in [7, 11) is 0. The molecule has 0 aromatic heterocycles. The van der Waals surface area contributed by atoms with Crippen molar-refractivity contribution in [3.05, 3.63) is 29.8 Å². The van der Waals surface area contributed by atoms with Gasteiger partial charge in [0.1, 0.15) is 23.9 Å². The third kappa shape index (κ3) is 7.10. The van der Waals surface area contributed by atoms with Crippen LogP contribution in [0.15, 0.2) is 24.3 Å². The monoisotopic (exact) mass is 480 g/mol. The van der Waals surface area contributed by atoms with Crippen LogP contribution in [0.3, 0.4) is 0 Å². The number of nitrogens with one attached hydrogen (secondary N) is 2. The van der Waals surface area contributed by atoms with E-state index in [2.05, 4.69) is 23.3 Å². The van der Waals surface area contributed by atoms with Crippen LogP contribution in [0.25, 0.3) is 0 Å². The molecular weight excluding hydrogens is 448 g/mol. The molecule has 0 bridgehead atoms. The number of nitrogens with zero attached hydrogens (tertiary/aromatic N) is 1. The zero-order valence-electron chi connectivity index (χ0n) is 18.7. The Morgan fingerprint density at radius 3 is 2.33 bits per heavy atom. The molecule has 1 aliphatic heterocycles. The Balaban J connectivity index is 2.26. The minimum atomic E-state index is -1.09. The number of carbonyl (C=O) groups excluding carboxylic acids is 3. The van der Waals surface area contributed by atoms with Gasteiger partial charge in [0.15, 0.2) is 0 Å². The van der Waals surface area contributed by atoms with Crippen LogP contribution in [0, 0.1) is 5.92 Å². The van der Waals surface area contributed by atoms with E-state index in [4.69, 9.17) is 5.73 Å². The number of thiol groups is 1. The van der Waals surface area contributed by atoms with Gasteiger partial charge in [0.05, 0.1) is 6.04 Å². The van der Waals surface area contributed by atoms with Gasteiger partial charge in [-0.15, -0.1) is 0 Å². The van der Waals surface area contributed by atoms with Crippen LogP contribution in [0.4, 0.5) is 0 Å². The normalized spacial score (nSPS) is 18.5. The third-order valence-electron chi connectivity index (χ3n) is 5.59. The van der Waals surface area contributed by atoms with E-state index in [1.54, 1.807) is 26.0 Å². The molecule has 0 saturated carbocycles. The predicted molar refractivity (Wildman–Crippen MR) is 125 cm³/mol. The number of hydrogen-bond donors (Lipinski definition) is 6. The SMILES string of the molecule is CC(C)C(NC(=O)C(N)CS)C(=O)NC(Cc1ccc(O)cc1)C(=O)N1CCCC1C(=O)O. The molecule has 2 rings (SSSR count). The Morgan fingerprint density at radius 1 is 1.15 bits per heavy atom. The van der Waals surface area contributed by atoms with E-state index in [0.717, 1.165) is 0 Å². The fourth-order valence-electron chi connectivity index (χ4n) is 3.69. The van der Waals surface area contributed by atoms with Crippen molar-refractivity contribution in [2.45, 2.75) is 57.3 Å². The summed E-state index contributed by atoms with van der Waals surface area (Å²) < 4.78 is 0. The number of phenols is 1. The van der Waals surface area contributed by atoms with Gasteiger partial charge in [-0.2, -0.15) is 12.6 Å². The van der Waals surface area contributed by atoms with E-state index in [0.29, 0.717) is 18.4 Å². The highest BCUT2D eigenvalue weighted by Crippen LogP contribution is 2.20. The molecule has 11 heteroatoms. The lowest BCUT2D eigenvalue weighted by molar-refractivity contribution is -0.149. The van der Waals surface area contributed by atoms with Crippen LogP contribution >= 0.6 is 12.6 Å². The second-order valence-electron chi connectivity index (χ2n) is 8.48. The maximum Gasteiger partial charge on any atom is 0.326 e. The molecule has 3 amide bonds. The lowest BCUT2D eigenvalue weighted by Crippen LogP contribution is -2.59. The van der Waals surface area contributed by atoms with E-state index in [1.165, 1.54) is 17.0 Å². The number of nitrogens with two attached hydrogens (primary N) is 1. The highest BCUT2D eigenvalue weighted by atomic mass is 32.1. The molecule has 1 fully saturated rings. The van der Waals surface area contributed by atoms with Crippen molar-refractivity contribution in [2.75, 3.05) is 12.3 Å². The van der Waals surface area contributed by atoms with Gasteiger partial charge in [-0.25, -0.2) is 4.79 Å². The first kappa shape index (κ1) is 26.5. The summed E-state index contributed by atoms with van der Waals surface area (Å²) in [6, 6.07) is 2.31. The number of aliphatic carboxylic acids is 1. The van der Waals surface area contributed by atoms with Crippen molar-refractivity contribution < 1.29 is 29.4 Å². The van der Waals surface area contributed by atoms with Crippen molar-refractivity contribution in [1.29, 1.82) is 0 Å². The van der Waals surface area contributed by atoms with Crippen LogP contribution in [-0.4, -0.2) is 75.3 Å². The number of carboxylic acid groups (broad SMARTS) is 1. The van der Waals surface area contributed by atoms with Gasteiger partial charge in [-0.3, -0.25) is 14.4 Å². The van der Waals surface area contributed by atoms with Gasteiger partial charge in [-0.1, -0.05) is 26.0 Å². The van der Waals surface area contributed by atoms with E-state index in [1.807, 2.05) is 0 Å². The fourth-order valence-corrected chi connectivity index (χ4v) is 3.86. The summed E-state index contributed by atoms with van der Waals surface area (Å²) in [6.45, 7) is 3.77. The van der Waals surface area contributed by atoms with Crippen molar-refractivity contribution in [3.8, 4) is 5.75 Å². The van der Waals surface area contributed by atoms with E-state index in [-0.39, 0.29) is 30.4 Å². The molecule has 4 atom stereocenters. The number of carbonyl (C=O) groups is 4. The first-order valence-corrected chi connectivity index (χ1v) is 11.5. The van der Waals surface area contributed by atoms with Gasteiger partial charge in [-0.05, 0) is 36.5 Å². The van der Waals surface area contributed by atoms with Crippen molar-refractivity contribution in [1.82, 2.24) is 15.5 Å². The molecule has 1 aliphatic rings. The molecule has 1 aromatic carbocycles. The summed E-state index contributed by atoms with van der Waals surface area (Å²) in [5, 5.41) is 24.3. The van der Waals surface area contributed by atoms with Crippen molar-refractivity contribution in [3.63, 3.8) is 0 Å². The maximum atomic E-state index is 13.3. The standard InChI is InChI=1S/C22H32N4O6S/c1-12(2)18(25-19(28)15(23)11-33)20(29)24-16(10-13-5-7-14(27)8-6-13)21(30)26-9-3-4-17(26)22(31)32/h5-8,12,15-18,27,33H,3-4,9-11,23H2,1-2H3,(H,24,29)(H,25,28)(H,31,32). The number of benzene rings is 1. The smallest absolute Gasteiger partial charge is 0.326 e. The Bertz CT molecular complexity index is 863. The average Bonchev–Trinajstić information content (AvgIpc) is 3.27. The molecule has 1 heterocycles. The maximum absolute atomic E-state index is 13.3. The predicted octanol–water partition coefficient (Wildman–Crippen LogP) is -0.107. The number of hydrogen-bond acceptors (Lipinski definition) is 7. The number of likely N-dealkylation sites (tertiary alicyclic amines) is 1. The molecule has 0 aliphatic carbocycles. The van der Waals surface area contributed by atoms with Crippen molar-refractivity contribution in [2.24, 2.45) is 11.7 Å². The molecule has 33 heavy (non-hydrogen) atoms. The van der Waals surface area contributed by atoms with Gasteiger partial charge in [0.2, 0.25) is 17.7 Å². The summed E-state index contributed by atoms with van der Waals surface area (Å²) in [5.41, 5.74) is 6.36. The van der Waals surface area contributed by atoms with Crippen LogP contribution in [0.5, 0.6) is 5.75 Å². The summed E-state index contributed by atoms with van der Waals surface area (Å²) in [6.07, 6.45) is 0.977.